The number of benzene rings is 7. The van der Waals surface area contributed by atoms with Crippen molar-refractivity contribution < 1.29 is 0 Å². The number of hydrogen-bond acceptors (Lipinski definition) is 1. The Hall–Kier alpha value is -5.66. The van der Waals surface area contributed by atoms with E-state index in [1.165, 1.54) is 116 Å². The monoisotopic (exact) mass is 733 g/mol. The van der Waals surface area contributed by atoms with Gasteiger partial charge in [0.05, 0.1) is 5.69 Å². The zero-order chi connectivity index (χ0) is 37.6. The van der Waals surface area contributed by atoms with Gasteiger partial charge in [-0.25, -0.2) is 0 Å². The summed E-state index contributed by atoms with van der Waals surface area (Å²) >= 11 is 0. The van der Waals surface area contributed by atoms with Crippen LogP contribution in [0.15, 0.2) is 152 Å². The van der Waals surface area contributed by atoms with Crippen LogP contribution in [0.5, 0.6) is 0 Å². The lowest BCUT2D eigenvalue weighted by atomic mass is 9.43. The lowest BCUT2D eigenvalue weighted by Gasteiger charge is -2.61. The van der Waals surface area contributed by atoms with Crippen LogP contribution in [0.2, 0.25) is 0 Å². The van der Waals surface area contributed by atoms with Gasteiger partial charge in [-0.05, 0) is 171 Å². The van der Waals surface area contributed by atoms with E-state index in [2.05, 4.69) is 170 Å². The molecule has 0 N–H and O–H groups in total. The lowest BCUT2D eigenvalue weighted by molar-refractivity contribution is -0.0399. The highest BCUT2D eigenvalue weighted by Crippen LogP contribution is 2.70. The first-order chi connectivity index (χ1) is 28.0. The van der Waals surface area contributed by atoms with Crippen LogP contribution in [0, 0.1) is 23.7 Å². The third-order valence-corrected chi connectivity index (χ3v) is 15.9. The molecule has 1 nitrogen and oxygen atoms in total. The number of nitrogens with zero attached hydrogens (tertiary/aromatic N) is 1. The summed E-state index contributed by atoms with van der Waals surface area (Å²) in [7, 11) is 0. The second-order valence-electron chi connectivity index (χ2n) is 18.9. The normalized spacial score (nSPS) is 24.5. The first kappa shape index (κ1) is 32.4. The summed E-state index contributed by atoms with van der Waals surface area (Å²) in [5, 5.41) is 0. The molecule has 1 spiro atoms. The van der Waals surface area contributed by atoms with Crippen molar-refractivity contribution in [2.75, 3.05) is 4.90 Å². The predicted molar refractivity (Wildman–Crippen MR) is 236 cm³/mol. The van der Waals surface area contributed by atoms with Crippen LogP contribution < -0.4 is 4.90 Å². The maximum atomic E-state index is 2.61. The van der Waals surface area contributed by atoms with E-state index < -0.39 is 0 Å². The van der Waals surface area contributed by atoms with E-state index in [-0.39, 0.29) is 10.8 Å². The van der Waals surface area contributed by atoms with E-state index in [0.717, 1.165) is 30.1 Å². The van der Waals surface area contributed by atoms with Crippen molar-refractivity contribution in [3.63, 3.8) is 0 Å². The van der Waals surface area contributed by atoms with Crippen molar-refractivity contribution in [1.82, 2.24) is 0 Å². The first-order valence-corrected chi connectivity index (χ1v) is 21.6. The second kappa shape index (κ2) is 11.5. The number of anilines is 3. The van der Waals surface area contributed by atoms with Crippen LogP contribution in [0.4, 0.5) is 17.1 Å². The Kier molecular flexibility index (Phi) is 6.53. The van der Waals surface area contributed by atoms with Crippen LogP contribution in [0.1, 0.15) is 79.3 Å². The summed E-state index contributed by atoms with van der Waals surface area (Å²) in [6.45, 7) is 4.81. The summed E-state index contributed by atoms with van der Waals surface area (Å²) in [5.74, 6) is 3.30. The minimum Gasteiger partial charge on any atom is -0.310 e. The quantitative estimate of drug-likeness (QED) is 0.174. The van der Waals surface area contributed by atoms with Gasteiger partial charge in [-0.3, -0.25) is 0 Å². The van der Waals surface area contributed by atoms with Gasteiger partial charge in [-0.1, -0.05) is 129 Å². The van der Waals surface area contributed by atoms with Gasteiger partial charge in [0.25, 0.3) is 0 Å². The molecule has 0 radical (unpaired) electrons. The highest BCUT2D eigenvalue weighted by Gasteiger charge is 2.61. The average Bonchev–Trinajstić information content (AvgIpc) is 3.84. The van der Waals surface area contributed by atoms with Crippen LogP contribution >= 0.6 is 0 Å². The number of rotatable bonds is 4. The molecule has 7 aromatic rings. The van der Waals surface area contributed by atoms with Gasteiger partial charge in [0.15, 0.2) is 0 Å². The molecule has 0 atom stereocenters. The Morgan fingerprint density at radius 3 is 1.88 bits per heavy atom. The zero-order valence-electron chi connectivity index (χ0n) is 32.9. The molecule has 4 bridgehead atoms. The van der Waals surface area contributed by atoms with Gasteiger partial charge in [-0.15, -0.1) is 0 Å². The molecule has 1 heteroatoms. The van der Waals surface area contributed by atoms with Gasteiger partial charge in [0.1, 0.15) is 0 Å². The van der Waals surface area contributed by atoms with Crippen LogP contribution in [-0.4, -0.2) is 0 Å². The zero-order valence-corrected chi connectivity index (χ0v) is 32.9. The SMILES string of the molecule is CC1(C)c2ccccc2-c2ccc(N(c3ccc4c(c3)-c3cc(-c5ccccc5)ccc3C43C4CC5CC(C4)CC3C5)c3cccc4c3-c3ccccc3C4)cc21. The van der Waals surface area contributed by atoms with E-state index in [4.69, 9.17) is 0 Å². The molecule has 4 fully saturated rings. The minimum absolute atomic E-state index is 0.0879. The van der Waals surface area contributed by atoms with Crippen molar-refractivity contribution in [2.45, 2.75) is 63.2 Å². The largest absolute Gasteiger partial charge is 0.310 e. The number of hydrogen-bond donors (Lipinski definition) is 0. The molecule has 0 aromatic heterocycles. The van der Waals surface area contributed by atoms with Crippen molar-refractivity contribution in [3.8, 4) is 44.5 Å². The molecular weight excluding hydrogens is 687 g/mol. The van der Waals surface area contributed by atoms with Crippen molar-refractivity contribution in [1.29, 1.82) is 0 Å². The Morgan fingerprint density at radius 1 is 0.439 bits per heavy atom. The average molecular weight is 734 g/mol. The summed E-state index contributed by atoms with van der Waals surface area (Å²) in [6.07, 6.45) is 8.02. The van der Waals surface area contributed by atoms with Crippen LogP contribution in [-0.2, 0) is 17.3 Å². The molecule has 7 aliphatic rings. The Balaban J connectivity index is 1.05. The van der Waals surface area contributed by atoms with Crippen LogP contribution in [0.3, 0.4) is 0 Å². The van der Waals surface area contributed by atoms with Crippen LogP contribution in [0.25, 0.3) is 44.5 Å². The Labute approximate surface area is 337 Å². The van der Waals surface area contributed by atoms with Gasteiger partial charge in [-0.2, -0.15) is 0 Å². The number of fused-ring (bicyclic) bond motifs is 9. The molecule has 0 amide bonds. The summed E-state index contributed by atoms with van der Waals surface area (Å²) in [5.41, 5.74) is 23.7. The fraction of sp³-hybridized carbons (Fsp3) is 0.250. The molecule has 7 aliphatic carbocycles. The van der Waals surface area contributed by atoms with E-state index >= 15 is 0 Å². The first-order valence-electron chi connectivity index (χ1n) is 21.6. The molecule has 7 aromatic carbocycles. The van der Waals surface area contributed by atoms with Gasteiger partial charge >= 0.3 is 0 Å². The van der Waals surface area contributed by atoms with Crippen molar-refractivity contribution >= 4 is 17.1 Å². The maximum Gasteiger partial charge on any atom is 0.0543 e. The molecular formula is C56H47N. The Morgan fingerprint density at radius 2 is 1.07 bits per heavy atom. The second-order valence-corrected chi connectivity index (χ2v) is 18.9. The van der Waals surface area contributed by atoms with Gasteiger partial charge < -0.3 is 4.90 Å². The maximum absolute atomic E-state index is 2.61. The molecule has 276 valence electrons. The molecule has 4 saturated carbocycles. The van der Waals surface area contributed by atoms with E-state index in [1.807, 2.05) is 0 Å². The highest BCUT2D eigenvalue weighted by atomic mass is 15.1. The standard InChI is InChI=1S/C56H47N/c1-55(2)49-17-9-8-16-45(49)46-22-20-43(33-52(46)55)57(53-18-10-14-39-30-38-13-6-7-15-44(38)54(39)53)42-21-24-51-48(32-42)47-31-37(36-11-4-3-5-12-36)19-23-50(47)56(51)40-26-34-25-35(28-40)29-41(56)27-34/h3-24,31-35,40-41H,25-30H2,1-2H3. The van der Waals surface area contributed by atoms with E-state index in [9.17, 15) is 0 Å². The molecule has 0 unspecified atom stereocenters. The molecule has 57 heavy (non-hydrogen) atoms. The fourth-order valence-electron chi connectivity index (χ4n) is 13.8. The minimum atomic E-state index is -0.0879. The van der Waals surface area contributed by atoms with Gasteiger partial charge in [0.2, 0.25) is 0 Å². The highest BCUT2D eigenvalue weighted by molar-refractivity contribution is 5.96. The van der Waals surface area contributed by atoms with Gasteiger partial charge in [0, 0.05) is 27.8 Å². The predicted octanol–water partition coefficient (Wildman–Crippen LogP) is 14.4. The third-order valence-electron chi connectivity index (χ3n) is 15.9. The smallest absolute Gasteiger partial charge is 0.0543 e. The van der Waals surface area contributed by atoms with Crippen molar-refractivity contribution in [2.24, 2.45) is 23.7 Å². The van der Waals surface area contributed by atoms with Crippen molar-refractivity contribution in [3.05, 3.63) is 185 Å². The third kappa shape index (κ3) is 4.30. The molecule has 0 heterocycles. The topological polar surface area (TPSA) is 3.24 Å². The summed E-state index contributed by atoms with van der Waals surface area (Å²) < 4.78 is 0. The van der Waals surface area contributed by atoms with E-state index in [1.54, 1.807) is 11.1 Å². The molecule has 14 rings (SSSR count). The lowest BCUT2D eigenvalue weighted by Crippen LogP contribution is -2.55. The van der Waals surface area contributed by atoms with E-state index in [0.29, 0.717) is 0 Å². The molecule has 0 saturated heterocycles. The Bertz CT molecular complexity index is 2790. The summed E-state index contributed by atoms with van der Waals surface area (Å²) in [6, 6.07) is 58.7. The molecule has 0 aliphatic heterocycles. The fourth-order valence-corrected chi connectivity index (χ4v) is 13.8. The summed E-state index contributed by atoms with van der Waals surface area (Å²) in [4.78, 5) is 2.61.